The molecule has 2 aliphatic rings. The lowest BCUT2D eigenvalue weighted by atomic mass is 10.1. The smallest absolute Gasteiger partial charge is 0.119 e. The Morgan fingerprint density at radius 3 is 3.00 bits per heavy atom. The largest absolute Gasteiger partial charge is 0.492 e. The molecular weight excluding hydrogens is 242 g/mol. The van der Waals surface area contributed by atoms with E-state index in [1.165, 1.54) is 5.56 Å². The molecule has 1 aromatic rings. The normalized spacial score (nSPS) is 23.3. The summed E-state index contributed by atoms with van der Waals surface area (Å²) in [4.78, 5) is 2.36. The molecule has 19 heavy (non-hydrogen) atoms. The van der Waals surface area contributed by atoms with E-state index in [1.54, 1.807) is 0 Å². The minimum absolute atomic E-state index is 0.280. The van der Waals surface area contributed by atoms with Crippen LogP contribution in [0.2, 0.25) is 0 Å². The highest BCUT2D eigenvalue weighted by Gasteiger charge is 2.20. The Labute approximate surface area is 113 Å². The van der Waals surface area contributed by atoms with Gasteiger partial charge >= 0.3 is 0 Å². The summed E-state index contributed by atoms with van der Waals surface area (Å²) >= 11 is 0. The van der Waals surface area contributed by atoms with Gasteiger partial charge in [-0.25, -0.2) is 0 Å². The molecule has 1 atom stereocenters. The van der Waals surface area contributed by atoms with Crippen LogP contribution >= 0.6 is 0 Å². The first-order chi connectivity index (χ1) is 9.33. The van der Waals surface area contributed by atoms with Gasteiger partial charge in [0, 0.05) is 19.6 Å². The van der Waals surface area contributed by atoms with Gasteiger partial charge in [-0.15, -0.1) is 0 Å². The molecule has 0 bridgehead atoms. The number of aliphatic hydroxyl groups excluding tert-OH is 1. The van der Waals surface area contributed by atoms with Crippen molar-refractivity contribution in [3.8, 4) is 5.75 Å². The maximum atomic E-state index is 9.76. The molecule has 0 spiro atoms. The van der Waals surface area contributed by atoms with Crippen molar-refractivity contribution in [2.45, 2.75) is 18.9 Å². The van der Waals surface area contributed by atoms with Crippen LogP contribution in [0.4, 0.5) is 0 Å². The lowest BCUT2D eigenvalue weighted by molar-refractivity contribution is 0.0322. The molecule has 1 N–H and O–H groups in total. The van der Waals surface area contributed by atoms with E-state index in [0.717, 1.165) is 57.0 Å². The fraction of sp³-hybridized carbons (Fsp3) is 0.600. The second kappa shape index (κ2) is 5.90. The molecule has 0 saturated carbocycles. The molecule has 1 fully saturated rings. The molecule has 0 radical (unpaired) electrons. The van der Waals surface area contributed by atoms with Crippen LogP contribution in [0.3, 0.4) is 0 Å². The molecule has 0 amide bonds. The van der Waals surface area contributed by atoms with Crippen molar-refractivity contribution >= 4 is 0 Å². The first-order valence-corrected chi connectivity index (χ1v) is 7.07. The first-order valence-electron chi connectivity index (χ1n) is 7.07. The summed E-state index contributed by atoms with van der Waals surface area (Å²) in [5.41, 5.74) is 2.30. The van der Waals surface area contributed by atoms with Gasteiger partial charge in [0.15, 0.2) is 0 Å². The highest BCUT2D eigenvalue weighted by atomic mass is 16.5. The maximum absolute atomic E-state index is 9.76. The summed E-state index contributed by atoms with van der Waals surface area (Å²) in [6.45, 7) is 5.32. The summed E-state index contributed by atoms with van der Waals surface area (Å²) < 4.78 is 11.1. The average Bonchev–Trinajstić information content (AvgIpc) is 2.81. The van der Waals surface area contributed by atoms with Gasteiger partial charge in [0.1, 0.15) is 12.4 Å². The predicted octanol–water partition coefficient (Wildman–Crippen LogP) is 1.38. The van der Waals surface area contributed by atoms with Gasteiger partial charge in [-0.05, 0) is 36.1 Å². The van der Waals surface area contributed by atoms with E-state index in [9.17, 15) is 5.11 Å². The van der Waals surface area contributed by atoms with Gasteiger partial charge in [0.25, 0.3) is 0 Å². The number of aliphatic hydroxyl groups is 1. The third-order valence-electron chi connectivity index (χ3n) is 3.94. The number of hydrogen-bond acceptors (Lipinski definition) is 4. The lowest BCUT2D eigenvalue weighted by Gasteiger charge is -2.26. The number of hydrogen-bond donors (Lipinski definition) is 1. The predicted molar refractivity (Wildman–Crippen MR) is 72.5 cm³/mol. The topological polar surface area (TPSA) is 41.9 Å². The second-order valence-electron chi connectivity index (χ2n) is 5.22. The number of nitrogens with zero attached hydrogens (tertiary/aromatic N) is 1. The maximum Gasteiger partial charge on any atom is 0.119 e. The molecule has 0 unspecified atom stereocenters. The summed E-state index contributed by atoms with van der Waals surface area (Å²) in [5, 5.41) is 9.76. The molecule has 1 aliphatic heterocycles. The molecule has 4 heteroatoms. The van der Waals surface area contributed by atoms with E-state index < -0.39 is 0 Å². The SMILES string of the molecule is O[C@H]1CCc2cc(OCCN3CCOCC3)ccc21. The monoisotopic (exact) mass is 263 g/mol. The highest BCUT2D eigenvalue weighted by molar-refractivity contribution is 5.39. The van der Waals surface area contributed by atoms with E-state index in [-0.39, 0.29) is 6.10 Å². The summed E-state index contributed by atoms with van der Waals surface area (Å²) in [5.74, 6) is 0.918. The highest BCUT2D eigenvalue weighted by Crippen LogP contribution is 2.33. The van der Waals surface area contributed by atoms with Crippen molar-refractivity contribution in [1.29, 1.82) is 0 Å². The average molecular weight is 263 g/mol. The molecule has 1 aliphatic carbocycles. The van der Waals surface area contributed by atoms with Gasteiger partial charge in [0.2, 0.25) is 0 Å². The zero-order valence-corrected chi connectivity index (χ0v) is 11.2. The van der Waals surface area contributed by atoms with E-state index in [1.807, 2.05) is 12.1 Å². The van der Waals surface area contributed by atoms with Crippen LogP contribution in [-0.4, -0.2) is 49.5 Å². The van der Waals surface area contributed by atoms with E-state index in [4.69, 9.17) is 9.47 Å². The molecule has 4 nitrogen and oxygen atoms in total. The number of aryl methyl sites for hydroxylation is 1. The van der Waals surface area contributed by atoms with Crippen molar-refractivity contribution in [3.63, 3.8) is 0 Å². The van der Waals surface area contributed by atoms with Crippen LogP contribution in [0, 0.1) is 0 Å². The van der Waals surface area contributed by atoms with Crippen LogP contribution < -0.4 is 4.74 Å². The van der Waals surface area contributed by atoms with Crippen LogP contribution in [-0.2, 0) is 11.2 Å². The van der Waals surface area contributed by atoms with Crippen LogP contribution in [0.25, 0.3) is 0 Å². The Morgan fingerprint density at radius 2 is 2.16 bits per heavy atom. The number of benzene rings is 1. The third kappa shape index (κ3) is 3.08. The first kappa shape index (κ1) is 12.9. The Hall–Kier alpha value is -1.10. The molecule has 0 aromatic heterocycles. The van der Waals surface area contributed by atoms with Gasteiger partial charge < -0.3 is 14.6 Å². The third-order valence-corrected chi connectivity index (χ3v) is 3.94. The van der Waals surface area contributed by atoms with Crippen molar-refractivity contribution in [2.75, 3.05) is 39.5 Å². The summed E-state index contributed by atoms with van der Waals surface area (Å²) in [7, 11) is 0. The zero-order chi connectivity index (χ0) is 13.1. The Kier molecular flexibility index (Phi) is 4.01. The number of rotatable bonds is 4. The van der Waals surface area contributed by atoms with Crippen molar-refractivity contribution in [2.24, 2.45) is 0 Å². The summed E-state index contributed by atoms with van der Waals surface area (Å²) in [6.07, 6.45) is 1.52. The van der Waals surface area contributed by atoms with Gasteiger partial charge in [-0.2, -0.15) is 0 Å². The quantitative estimate of drug-likeness (QED) is 0.891. The number of morpholine rings is 1. The number of fused-ring (bicyclic) bond motifs is 1. The van der Waals surface area contributed by atoms with E-state index >= 15 is 0 Å². The molecule has 3 rings (SSSR count). The molecule has 1 saturated heterocycles. The van der Waals surface area contributed by atoms with Gasteiger partial charge in [-0.3, -0.25) is 4.90 Å². The number of ether oxygens (including phenoxy) is 2. The fourth-order valence-corrected chi connectivity index (χ4v) is 2.78. The van der Waals surface area contributed by atoms with Crippen molar-refractivity contribution in [1.82, 2.24) is 4.90 Å². The summed E-state index contributed by atoms with van der Waals surface area (Å²) in [6, 6.07) is 6.04. The molecular formula is C15H21NO3. The van der Waals surface area contributed by atoms with Crippen LogP contribution in [0.1, 0.15) is 23.7 Å². The van der Waals surface area contributed by atoms with Gasteiger partial charge in [0.05, 0.1) is 19.3 Å². The van der Waals surface area contributed by atoms with E-state index in [2.05, 4.69) is 11.0 Å². The molecule has 1 aromatic carbocycles. The van der Waals surface area contributed by atoms with Crippen LogP contribution in [0.15, 0.2) is 18.2 Å². The second-order valence-corrected chi connectivity index (χ2v) is 5.22. The lowest BCUT2D eigenvalue weighted by Crippen LogP contribution is -2.38. The fourth-order valence-electron chi connectivity index (χ4n) is 2.78. The van der Waals surface area contributed by atoms with E-state index in [0.29, 0.717) is 6.61 Å². The van der Waals surface area contributed by atoms with Crippen molar-refractivity contribution < 1.29 is 14.6 Å². The Balaban J connectivity index is 1.50. The Bertz CT molecular complexity index is 429. The zero-order valence-electron chi connectivity index (χ0n) is 11.2. The Morgan fingerprint density at radius 1 is 1.32 bits per heavy atom. The van der Waals surface area contributed by atoms with Crippen molar-refractivity contribution in [3.05, 3.63) is 29.3 Å². The van der Waals surface area contributed by atoms with Gasteiger partial charge in [-0.1, -0.05) is 6.07 Å². The minimum Gasteiger partial charge on any atom is -0.492 e. The standard InChI is InChI=1S/C15H21NO3/c17-15-4-1-12-11-13(2-3-14(12)15)19-10-7-16-5-8-18-9-6-16/h2-3,11,15,17H,1,4-10H2/t15-/m0/s1. The van der Waals surface area contributed by atoms with Crippen LogP contribution in [0.5, 0.6) is 5.75 Å². The minimum atomic E-state index is -0.280. The molecule has 1 heterocycles. The molecule has 104 valence electrons.